The van der Waals surface area contributed by atoms with Gasteiger partial charge in [-0.3, -0.25) is 9.59 Å². The van der Waals surface area contributed by atoms with Crippen molar-refractivity contribution in [2.45, 2.75) is 25.3 Å². The van der Waals surface area contributed by atoms with Crippen LogP contribution in [0.4, 0.5) is 0 Å². The molecule has 3 atom stereocenters. The summed E-state index contributed by atoms with van der Waals surface area (Å²) >= 11 is 0. The normalized spacial score (nSPS) is 28.9. The molecule has 6 nitrogen and oxygen atoms in total. The van der Waals surface area contributed by atoms with Gasteiger partial charge in [0.05, 0.1) is 6.33 Å². The van der Waals surface area contributed by atoms with E-state index in [-0.39, 0.29) is 17.9 Å². The van der Waals surface area contributed by atoms with Crippen molar-refractivity contribution in [1.82, 2.24) is 19.8 Å². The van der Waals surface area contributed by atoms with Gasteiger partial charge < -0.3 is 14.8 Å². The van der Waals surface area contributed by atoms with Crippen LogP contribution in [0.25, 0.3) is 0 Å². The number of aryl methyl sites for hydroxylation is 1. The molecule has 2 heterocycles. The predicted molar refractivity (Wildman–Crippen MR) is 72.9 cm³/mol. The van der Waals surface area contributed by atoms with Crippen LogP contribution in [0.15, 0.2) is 12.5 Å². The first-order valence-corrected chi connectivity index (χ1v) is 7.06. The number of hydrogen-bond acceptors (Lipinski definition) is 3. The number of piperidine rings is 1. The number of carbonyl (C=O) groups is 2. The van der Waals surface area contributed by atoms with Gasteiger partial charge in [0.15, 0.2) is 0 Å². The van der Waals surface area contributed by atoms with E-state index in [9.17, 15) is 9.59 Å². The van der Waals surface area contributed by atoms with Gasteiger partial charge in [-0.15, -0.1) is 0 Å². The van der Waals surface area contributed by atoms with Crippen molar-refractivity contribution in [2.24, 2.45) is 18.9 Å². The van der Waals surface area contributed by atoms with Gasteiger partial charge in [0.2, 0.25) is 5.91 Å². The van der Waals surface area contributed by atoms with Crippen molar-refractivity contribution in [3.63, 3.8) is 0 Å². The van der Waals surface area contributed by atoms with Crippen LogP contribution in [0, 0.1) is 11.8 Å². The summed E-state index contributed by atoms with van der Waals surface area (Å²) in [4.78, 5) is 29.7. The smallest absolute Gasteiger partial charge is 0.274 e. The van der Waals surface area contributed by atoms with E-state index in [1.807, 2.05) is 14.1 Å². The average molecular weight is 276 g/mol. The van der Waals surface area contributed by atoms with Crippen LogP contribution in [0.3, 0.4) is 0 Å². The first kappa shape index (κ1) is 13.1. The molecule has 2 aliphatic rings. The molecule has 3 rings (SSSR count). The summed E-state index contributed by atoms with van der Waals surface area (Å²) in [6.07, 6.45) is 5.88. The molecule has 6 heteroatoms. The number of nitrogens with one attached hydrogen (secondary N) is 1. The zero-order valence-corrected chi connectivity index (χ0v) is 11.9. The number of hydrogen-bond donors (Lipinski definition) is 1. The lowest BCUT2D eigenvalue weighted by molar-refractivity contribution is -0.124. The van der Waals surface area contributed by atoms with Gasteiger partial charge in [0.1, 0.15) is 5.69 Å². The molecule has 1 aliphatic carbocycles. The van der Waals surface area contributed by atoms with Crippen LogP contribution < -0.4 is 5.32 Å². The molecule has 0 spiro atoms. The fourth-order valence-corrected chi connectivity index (χ4v) is 3.42. The SMILES string of the molecule is CN(C(=O)c1cn(C)cn1)[C@H]1C[C@H]2CNC(=O)C[C@H]2C1. The van der Waals surface area contributed by atoms with E-state index in [1.165, 1.54) is 0 Å². The molecule has 0 radical (unpaired) electrons. The van der Waals surface area contributed by atoms with Crippen molar-refractivity contribution in [3.8, 4) is 0 Å². The molecular weight excluding hydrogens is 256 g/mol. The van der Waals surface area contributed by atoms with Crippen LogP contribution in [0.5, 0.6) is 0 Å². The second-order valence-corrected chi connectivity index (χ2v) is 5.99. The summed E-state index contributed by atoms with van der Waals surface area (Å²) in [5.41, 5.74) is 0.485. The Hall–Kier alpha value is -1.85. The van der Waals surface area contributed by atoms with Crippen LogP contribution in [-0.4, -0.2) is 45.9 Å². The molecule has 1 N–H and O–H groups in total. The van der Waals surface area contributed by atoms with E-state index in [2.05, 4.69) is 10.3 Å². The Morgan fingerprint density at radius 2 is 2.20 bits per heavy atom. The predicted octanol–water partition coefficient (Wildman–Crippen LogP) is 0.407. The number of fused-ring (bicyclic) bond motifs is 1. The summed E-state index contributed by atoms with van der Waals surface area (Å²) in [5.74, 6) is 1.04. The third kappa shape index (κ3) is 2.30. The van der Waals surface area contributed by atoms with Gasteiger partial charge in [0.25, 0.3) is 5.91 Å². The Morgan fingerprint density at radius 1 is 1.45 bits per heavy atom. The van der Waals surface area contributed by atoms with Gasteiger partial charge in [-0.2, -0.15) is 0 Å². The minimum absolute atomic E-state index is 0.0338. The van der Waals surface area contributed by atoms with E-state index < -0.39 is 0 Å². The van der Waals surface area contributed by atoms with E-state index in [0.29, 0.717) is 24.0 Å². The molecule has 0 bridgehead atoms. The fraction of sp³-hybridized carbons (Fsp3) is 0.643. The first-order chi connectivity index (χ1) is 9.54. The molecule has 1 aliphatic heterocycles. The second kappa shape index (κ2) is 4.92. The quantitative estimate of drug-likeness (QED) is 0.850. The molecular formula is C14H20N4O2. The second-order valence-electron chi connectivity index (χ2n) is 5.99. The maximum Gasteiger partial charge on any atom is 0.274 e. The minimum Gasteiger partial charge on any atom is -0.356 e. The highest BCUT2D eigenvalue weighted by Gasteiger charge is 2.40. The van der Waals surface area contributed by atoms with Crippen molar-refractivity contribution in [2.75, 3.05) is 13.6 Å². The van der Waals surface area contributed by atoms with Crippen molar-refractivity contribution in [3.05, 3.63) is 18.2 Å². The number of imidazole rings is 1. The molecule has 2 fully saturated rings. The Balaban J connectivity index is 1.68. The standard InChI is InChI=1S/C14H20N4O2/c1-17-7-12(16-8-17)14(20)18(2)11-3-9-5-13(19)15-6-10(9)4-11/h7-11H,3-6H2,1-2H3,(H,15,19)/t9-,10+,11-/m1/s1. The summed E-state index contributed by atoms with van der Waals surface area (Å²) in [6, 6.07) is 0.215. The van der Waals surface area contributed by atoms with E-state index in [0.717, 1.165) is 19.4 Å². The first-order valence-electron chi connectivity index (χ1n) is 7.06. The highest BCUT2D eigenvalue weighted by molar-refractivity contribution is 5.92. The Labute approximate surface area is 118 Å². The van der Waals surface area contributed by atoms with Crippen LogP contribution >= 0.6 is 0 Å². The topological polar surface area (TPSA) is 67.2 Å². The Bertz CT molecular complexity index is 539. The van der Waals surface area contributed by atoms with Gasteiger partial charge in [-0.05, 0) is 24.7 Å². The molecule has 20 heavy (non-hydrogen) atoms. The summed E-state index contributed by atoms with van der Waals surface area (Å²) < 4.78 is 1.78. The number of nitrogens with zero attached hydrogens (tertiary/aromatic N) is 3. The number of aromatic nitrogens is 2. The van der Waals surface area contributed by atoms with E-state index >= 15 is 0 Å². The fourth-order valence-electron chi connectivity index (χ4n) is 3.42. The van der Waals surface area contributed by atoms with Crippen LogP contribution in [-0.2, 0) is 11.8 Å². The third-order valence-electron chi connectivity index (χ3n) is 4.62. The maximum atomic E-state index is 12.4. The van der Waals surface area contributed by atoms with Gasteiger partial charge in [-0.25, -0.2) is 4.98 Å². The lowest BCUT2D eigenvalue weighted by Crippen LogP contribution is -2.38. The number of amides is 2. The summed E-state index contributed by atoms with van der Waals surface area (Å²) in [7, 11) is 3.69. The molecule has 1 saturated heterocycles. The van der Waals surface area contributed by atoms with Crippen LogP contribution in [0.1, 0.15) is 29.8 Å². The molecule has 1 saturated carbocycles. The zero-order chi connectivity index (χ0) is 14.3. The lowest BCUT2D eigenvalue weighted by atomic mass is 9.89. The van der Waals surface area contributed by atoms with E-state index in [4.69, 9.17) is 0 Å². The Kier molecular flexibility index (Phi) is 3.23. The molecule has 1 aromatic heterocycles. The lowest BCUT2D eigenvalue weighted by Gasteiger charge is -2.24. The highest BCUT2D eigenvalue weighted by Crippen LogP contribution is 2.38. The zero-order valence-electron chi connectivity index (χ0n) is 11.9. The van der Waals surface area contributed by atoms with Crippen LogP contribution in [0.2, 0.25) is 0 Å². The molecule has 0 unspecified atom stereocenters. The Morgan fingerprint density at radius 3 is 2.90 bits per heavy atom. The average Bonchev–Trinajstić information content (AvgIpc) is 3.02. The minimum atomic E-state index is -0.0338. The van der Waals surface area contributed by atoms with E-state index in [1.54, 1.807) is 22.0 Å². The summed E-state index contributed by atoms with van der Waals surface area (Å²) in [6.45, 7) is 0.756. The maximum absolute atomic E-state index is 12.4. The van der Waals surface area contributed by atoms with Gasteiger partial charge >= 0.3 is 0 Å². The summed E-state index contributed by atoms with van der Waals surface area (Å²) in [5, 5.41) is 2.92. The number of rotatable bonds is 2. The largest absolute Gasteiger partial charge is 0.356 e. The van der Waals surface area contributed by atoms with Crippen molar-refractivity contribution in [1.29, 1.82) is 0 Å². The van der Waals surface area contributed by atoms with Gasteiger partial charge in [0, 0.05) is 39.3 Å². The van der Waals surface area contributed by atoms with Gasteiger partial charge in [-0.1, -0.05) is 0 Å². The van der Waals surface area contributed by atoms with Crippen molar-refractivity contribution >= 4 is 11.8 Å². The monoisotopic (exact) mass is 276 g/mol. The molecule has 108 valence electrons. The highest BCUT2D eigenvalue weighted by atomic mass is 16.2. The molecule has 0 aromatic carbocycles. The van der Waals surface area contributed by atoms with Crippen molar-refractivity contribution < 1.29 is 9.59 Å². The molecule has 1 aromatic rings. The molecule has 2 amide bonds. The third-order valence-corrected chi connectivity index (χ3v) is 4.62. The number of carbonyl (C=O) groups excluding carboxylic acids is 2.